The van der Waals surface area contributed by atoms with Gasteiger partial charge in [0.25, 0.3) is 0 Å². The molecule has 0 N–H and O–H groups in total. The largest absolute Gasteiger partial charge is 0.493 e. The SMILES string of the molecule is COc1ccc(CCC(=O)c2ccccn2)cc1OC(C)C. The van der Waals surface area contributed by atoms with Gasteiger partial charge in [-0.1, -0.05) is 12.1 Å². The molecule has 1 aromatic heterocycles. The Balaban J connectivity index is 2.05. The zero-order chi connectivity index (χ0) is 15.9. The molecule has 0 amide bonds. The maximum absolute atomic E-state index is 12.1. The van der Waals surface area contributed by atoms with Gasteiger partial charge in [-0.15, -0.1) is 0 Å². The van der Waals surface area contributed by atoms with Crippen LogP contribution >= 0.6 is 0 Å². The van der Waals surface area contributed by atoms with Crippen LogP contribution in [-0.2, 0) is 6.42 Å². The number of aromatic nitrogens is 1. The van der Waals surface area contributed by atoms with Gasteiger partial charge in [-0.05, 0) is 50.1 Å². The lowest BCUT2D eigenvalue weighted by molar-refractivity contribution is 0.0978. The number of pyridine rings is 1. The van der Waals surface area contributed by atoms with Crippen molar-refractivity contribution in [2.24, 2.45) is 0 Å². The van der Waals surface area contributed by atoms with Gasteiger partial charge >= 0.3 is 0 Å². The Morgan fingerprint density at radius 3 is 2.64 bits per heavy atom. The van der Waals surface area contributed by atoms with Gasteiger partial charge in [0.15, 0.2) is 17.3 Å². The van der Waals surface area contributed by atoms with E-state index in [2.05, 4.69) is 4.98 Å². The fraction of sp³-hybridized carbons (Fsp3) is 0.333. The fourth-order valence-electron chi connectivity index (χ4n) is 2.14. The number of ether oxygens (including phenoxy) is 2. The Labute approximate surface area is 131 Å². The Kier molecular flexibility index (Phi) is 5.53. The molecule has 2 aromatic rings. The third-order valence-electron chi connectivity index (χ3n) is 3.18. The van der Waals surface area contributed by atoms with Crippen molar-refractivity contribution in [2.45, 2.75) is 32.8 Å². The van der Waals surface area contributed by atoms with E-state index in [1.807, 2.05) is 38.1 Å². The summed E-state index contributed by atoms with van der Waals surface area (Å²) in [6.45, 7) is 3.94. The molecule has 1 aromatic carbocycles. The summed E-state index contributed by atoms with van der Waals surface area (Å²) in [4.78, 5) is 16.2. The van der Waals surface area contributed by atoms with E-state index in [0.717, 1.165) is 5.56 Å². The Morgan fingerprint density at radius 1 is 1.18 bits per heavy atom. The molecular weight excluding hydrogens is 278 g/mol. The minimum atomic E-state index is 0.0442. The van der Waals surface area contributed by atoms with E-state index >= 15 is 0 Å². The summed E-state index contributed by atoms with van der Waals surface area (Å²) in [5.41, 5.74) is 1.55. The van der Waals surface area contributed by atoms with Crippen LogP contribution in [0.25, 0.3) is 0 Å². The zero-order valence-electron chi connectivity index (χ0n) is 13.2. The first kappa shape index (κ1) is 16.0. The van der Waals surface area contributed by atoms with E-state index in [1.165, 1.54) is 0 Å². The number of carbonyl (C=O) groups excluding carboxylic acids is 1. The summed E-state index contributed by atoms with van der Waals surface area (Å²) < 4.78 is 11.0. The molecule has 2 rings (SSSR count). The number of hydrogen-bond donors (Lipinski definition) is 0. The van der Waals surface area contributed by atoms with Gasteiger partial charge in [0, 0.05) is 12.6 Å². The lowest BCUT2D eigenvalue weighted by Crippen LogP contribution is -2.07. The summed E-state index contributed by atoms with van der Waals surface area (Å²) in [5, 5.41) is 0. The topological polar surface area (TPSA) is 48.4 Å². The number of carbonyl (C=O) groups is 1. The van der Waals surface area contributed by atoms with Crippen molar-refractivity contribution in [2.75, 3.05) is 7.11 Å². The van der Waals surface area contributed by atoms with Crippen LogP contribution in [-0.4, -0.2) is 24.0 Å². The normalized spacial score (nSPS) is 10.5. The van der Waals surface area contributed by atoms with Crippen molar-refractivity contribution in [1.29, 1.82) is 0 Å². The van der Waals surface area contributed by atoms with Gasteiger partial charge in [-0.25, -0.2) is 0 Å². The number of aryl methyl sites for hydroxylation is 1. The minimum absolute atomic E-state index is 0.0442. The second-order valence-corrected chi connectivity index (χ2v) is 5.29. The molecule has 0 aliphatic carbocycles. The second kappa shape index (κ2) is 7.59. The van der Waals surface area contributed by atoms with Crippen LogP contribution in [0, 0.1) is 0 Å². The van der Waals surface area contributed by atoms with E-state index < -0.39 is 0 Å². The van der Waals surface area contributed by atoms with Crippen molar-refractivity contribution < 1.29 is 14.3 Å². The lowest BCUT2D eigenvalue weighted by Gasteiger charge is -2.14. The molecule has 0 saturated carbocycles. The number of rotatable bonds is 7. The molecule has 116 valence electrons. The maximum Gasteiger partial charge on any atom is 0.181 e. The average molecular weight is 299 g/mol. The molecule has 0 unspecified atom stereocenters. The standard InChI is InChI=1S/C18H21NO3/c1-13(2)22-18-12-14(8-10-17(18)21-3)7-9-16(20)15-6-4-5-11-19-15/h4-6,8,10-13H,7,9H2,1-3H3. The van der Waals surface area contributed by atoms with Crippen LogP contribution < -0.4 is 9.47 Å². The van der Waals surface area contributed by atoms with E-state index in [0.29, 0.717) is 30.0 Å². The molecule has 0 fully saturated rings. The van der Waals surface area contributed by atoms with Crippen molar-refractivity contribution >= 4 is 5.78 Å². The summed E-state index contributed by atoms with van der Waals surface area (Å²) in [6.07, 6.45) is 2.77. The molecule has 0 spiro atoms. The third kappa shape index (κ3) is 4.32. The predicted octanol–water partition coefficient (Wildman–Crippen LogP) is 3.69. The Morgan fingerprint density at radius 2 is 2.00 bits per heavy atom. The molecular formula is C18H21NO3. The van der Waals surface area contributed by atoms with Crippen LogP contribution in [0.15, 0.2) is 42.6 Å². The Hall–Kier alpha value is -2.36. The predicted molar refractivity (Wildman–Crippen MR) is 85.6 cm³/mol. The number of Topliss-reactive ketones (excluding diaryl/α,β-unsaturated/α-hetero) is 1. The summed E-state index contributed by atoms with van der Waals surface area (Å²) in [5.74, 6) is 1.46. The van der Waals surface area contributed by atoms with Crippen LogP contribution in [0.5, 0.6) is 11.5 Å². The van der Waals surface area contributed by atoms with Gasteiger partial charge in [0.05, 0.1) is 13.2 Å². The highest BCUT2D eigenvalue weighted by Crippen LogP contribution is 2.29. The molecule has 0 bridgehead atoms. The molecule has 4 nitrogen and oxygen atoms in total. The molecule has 0 saturated heterocycles. The lowest BCUT2D eigenvalue weighted by atomic mass is 10.1. The van der Waals surface area contributed by atoms with Crippen LogP contribution in [0.1, 0.15) is 36.3 Å². The summed E-state index contributed by atoms with van der Waals surface area (Å²) >= 11 is 0. The highest BCUT2D eigenvalue weighted by Gasteiger charge is 2.10. The summed E-state index contributed by atoms with van der Waals surface area (Å²) in [6, 6.07) is 11.1. The van der Waals surface area contributed by atoms with E-state index in [-0.39, 0.29) is 11.9 Å². The monoisotopic (exact) mass is 299 g/mol. The number of methoxy groups -OCH3 is 1. The van der Waals surface area contributed by atoms with Crippen LogP contribution in [0.3, 0.4) is 0 Å². The molecule has 0 aliphatic heterocycles. The molecule has 0 radical (unpaired) electrons. The summed E-state index contributed by atoms with van der Waals surface area (Å²) in [7, 11) is 1.62. The highest BCUT2D eigenvalue weighted by atomic mass is 16.5. The van der Waals surface area contributed by atoms with Gasteiger partial charge in [0.2, 0.25) is 0 Å². The number of hydrogen-bond acceptors (Lipinski definition) is 4. The van der Waals surface area contributed by atoms with E-state index in [9.17, 15) is 4.79 Å². The number of nitrogens with zero attached hydrogens (tertiary/aromatic N) is 1. The smallest absolute Gasteiger partial charge is 0.181 e. The first-order valence-electron chi connectivity index (χ1n) is 7.38. The maximum atomic E-state index is 12.1. The minimum Gasteiger partial charge on any atom is -0.493 e. The molecule has 4 heteroatoms. The first-order valence-corrected chi connectivity index (χ1v) is 7.38. The van der Waals surface area contributed by atoms with Gasteiger partial charge in [-0.2, -0.15) is 0 Å². The third-order valence-corrected chi connectivity index (χ3v) is 3.18. The van der Waals surface area contributed by atoms with E-state index in [4.69, 9.17) is 9.47 Å². The molecule has 0 aliphatic rings. The molecule has 0 atom stereocenters. The van der Waals surface area contributed by atoms with Crippen LogP contribution in [0.2, 0.25) is 0 Å². The number of ketones is 1. The average Bonchev–Trinajstić information content (AvgIpc) is 2.53. The first-order chi connectivity index (χ1) is 10.6. The van der Waals surface area contributed by atoms with Gasteiger partial charge in [-0.3, -0.25) is 9.78 Å². The zero-order valence-corrected chi connectivity index (χ0v) is 13.2. The van der Waals surface area contributed by atoms with Gasteiger partial charge < -0.3 is 9.47 Å². The van der Waals surface area contributed by atoms with Crippen molar-refractivity contribution in [3.63, 3.8) is 0 Å². The molecule has 22 heavy (non-hydrogen) atoms. The second-order valence-electron chi connectivity index (χ2n) is 5.29. The fourth-order valence-corrected chi connectivity index (χ4v) is 2.14. The van der Waals surface area contributed by atoms with Gasteiger partial charge in [0.1, 0.15) is 5.69 Å². The number of benzene rings is 1. The van der Waals surface area contributed by atoms with Crippen molar-refractivity contribution in [1.82, 2.24) is 4.98 Å². The van der Waals surface area contributed by atoms with Crippen molar-refractivity contribution in [3.05, 3.63) is 53.9 Å². The van der Waals surface area contributed by atoms with Crippen molar-refractivity contribution in [3.8, 4) is 11.5 Å². The molecule has 1 heterocycles. The van der Waals surface area contributed by atoms with E-state index in [1.54, 1.807) is 25.4 Å². The highest BCUT2D eigenvalue weighted by molar-refractivity contribution is 5.94. The Bertz CT molecular complexity index is 623. The van der Waals surface area contributed by atoms with Crippen LogP contribution in [0.4, 0.5) is 0 Å². The quantitative estimate of drug-likeness (QED) is 0.732.